The smallest absolute Gasteiger partial charge is 0.0759 e. The lowest BCUT2D eigenvalue weighted by Crippen LogP contribution is -2.29. The van der Waals surface area contributed by atoms with Gasteiger partial charge in [-0.15, -0.1) is 0 Å². The van der Waals surface area contributed by atoms with Gasteiger partial charge in [0.2, 0.25) is 0 Å². The fourth-order valence-electron chi connectivity index (χ4n) is 3.98. The van der Waals surface area contributed by atoms with Crippen molar-refractivity contribution in [2.45, 2.75) is 45.3 Å². The van der Waals surface area contributed by atoms with E-state index in [0.29, 0.717) is 5.92 Å². The average molecular weight is 345 g/mol. The van der Waals surface area contributed by atoms with Crippen molar-refractivity contribution in [1.29, 1.82) is 0 Å². The summed E-state index contributed by atoms with van der Waals surface area (Å²) in [5.74, 6) is 0.563. The Morgan fingerprint density at radius 3 is 2.62 bits per heavy atom. The summed E-state index contributed by atoms with van der Waals surface area (Å²) < 4.78 is 2.42. The third kappa shape index (κ3) is 3.45. The largest absolute Gasteiger partial charge is 0.350 e. The molecule has 3 heterocycles. The lowest BCUT2D eigenvalue weighted by molar-refractivity contribution is 0.220. The zero-order valence-corrected chi connectivity index (χ0v) is 15.7. The second-order valence-electron chi connectivity index (χ2n) is 7.54. The summed E-state index contributed by atoms with van der Waals surface area (Å²) in [7, 11) is 0. The molecule has 1 aliphatic heterocycles. The molecule has 1 aliphatic rings. The van der Waals surface area contributed by atoms with Crippen LogP contribution in [0.1, 0.15) is 54.6 Å². The standard InChI is InChI=1S/C23H27N3/c1-18(2)20-8-10-21(11-9-20)23-22-7-4-13-25(22)14-5-15-26(23)17-19-6-3-12-24-16-19/h3-4,6-13,16,18,23H,5,14-15,17H2,1-2H3/t23-/m1/s1. The number of rotatable bonds is 4. The Kier molecular flexibility index (Phi) is 4.89. The molecule has 2 aromatic heterocycles. The zero-order valence-electron chi connectivity index (χ0n) is 15.7. The lowest BCUT2D eigenvalue weighted by atomic mass is 9.96. The maximum absolute atomic E-state index is 4.30. The minimum absolute atomic E-state index is 0.286. The van der Waals surface area contributed by atoms with Gasteiger partial charge in [0.15, 0.2) is 0 Å². The van der Waals surface area contributed by atoms with Gasteiger partial charge in [-0.1, -0.05) is 44.2 Å². The number of pyridine rings is 1. The molecule has 3 aromatic rings. The topological polar surface area (TPSA) is 21.1 Å². The Hall–Kier alpha value is -2.39. The second kappa shape index (κ2) is 7.46. The Morgan fingerprint density at radius 2 is 1.88 bits per heavy atom. The minimum atomic E-state index is 0.286. The Balaban J connectivity index is 1.72. The van der Waals surface area contributed by atoms with Crippen LogP contribution in [-0.4, -0.2) is 21.0 Å². The number of nitrogens with zero attached hydrogens (tertiary/aromatic N) is 3. The number of fused-ring (bicyclic) bond motifs is 1. The van der Waals surface area contributed by atoms with Crippen molar-refractivity contribution in [3.63, 3.8) is 0 Å². The summed E-state index contributed by atoms with van der Waals surface area (Å²) in [5, 5.41) is 0. The first-order valence-corrected chi connectivity index (χ1v) is 9.60. The number of hydrogen-bond acceptors (Lipinski definition) is 2. The van der Waals surface area contributed by atoms with Crippen molar-refractivity contribution in [2.75, 3.05) is 6.54 Å². The SMILES string of the molecule is CC(C)c1ccc([C@@H]2c3cccn3CCCN2Cc2cccnc2)cc1. The van der Waals surface area contributed by atoms with Gasteiger partial charge in [0.25, 0.3) is 0 Å². The van der Waals surface area contributed by atoms with Crippen LogP contribution in [0.25, 0.3) is 0 Å². The summed E-state index contributed by atoms with van der Waals surface area (Å²) >= 11 is 0. The molecular formula is C23H27N3. The maximum Gasteiger partial charge on any atom is 0.0759 e. The van der Waals surface area contributed by atoms with Gasteiger partial charge in [0.1, 0.15) is 0 Å². The molecule has 0 radical (unpaired) electrons. The predicted molar refractivity (Wildman–Crippen MR) is 106 cm³/mol. The third-order valence-electron chi connectivity index (χ3n) is 5.38. The lowest BCUT2D eigenvalue weighted by Gasteiger charge is -2.30. The van der Waals surface area contributed by atoms with Crippen LogP contribution in [0.3, 0.4) is 0 Å². The van der Waals surface area contributed by atoms with E-state index in [-0.39, 0.29) is 6.04 Å². The molecule has 134 valence electrons. The van der Waals surface area contributed by atoms with Crippen LogP contribution in [0.4, 0.5) is 0 Å². The van der Waals surface area contributed by atoms with Crippen molar-refractivity contribution in [2.24, 2.45) is 0 Å². The highest BCUT2D eigenvalue weighted by Gasteiger charge is 2.27. The third-order valence-corrected chi connectivity index (χ3v) is 5.38. The van der Waals surface area contributed by atoms with Crippen LogP contribution >= 0.6 is 0 Å². The van der Waals surface area contributed by atoms with E-state index in [1.54, 1.807) is 0 Å². The number of aryl methyl sites for hydroxylation is 1. The van der Waals surface area contributed by atoms with E-state index in [0.717, 1.165) is 19.6 Å². The van der Waals surface area contributed by atoms with E-state index in [1.807, 2.05) is 18.5 Å². The van der Waals surface area contributed by atoms with Crippen molar-refractivity contribution in [3.8, 4) is 0 Å². The fraction of sp³-hybridized carbons (Fsp3) is 0.348. The summed E-state index contributed by atoms with van der Waals surface area (Å²) in [6.45, 7) is 7.61. The van der Waals surface area contributed by atoms with Gasteiger partial charge < -0.3 is 4.57 Å². The molecular weight excluding hydrogens is 318 g/mol. The molecule has 3 heteroatoms. The first-order chi connectivity index (χ1) is 12.7. The highest BCUT2D eigenvalue weighted by Crippen LogP contribution is 2.33. The summed E-state index contributed by atoms with van der Waals surface area (Å²) in [6.07, 6.45) is 7.23. The highest BCUT2D eigenvalue weighted by molar-refractivity contribution is 5.33. The minimum Gasteiger partial charge on any atom is -0.350 e. The first-order valence-electron chi connectivity index (χ1n) is 9.60. The fourth-order valence-corrected chi connectivity index (χ4v) is 3.98. The summed E-state index contributed by atoms with van der Waals surface area (Å²) in [6, 6.07) is 18.2. The van der Waals surface area contributed by atoms with Crippen molar-refractivity contribution in [3.05, 3.63) is 89.5 Å². The van der Waals surface area contributed by atoms with E-state index in [2.05, 4.69) is 77.0 Å². The Labute approximate surface area is 156 Å². The molecule has 0 saturated carbocycles. The molecule has 0 spiro atoms. The van der Waals surface area contributed by atoms with E-state index in [4.69, 9.17) is 0 Å². The van der Waals surface area contributed by atoms with E-state index < -0.39 is 0 Å². The van der Waals surface area contributed by atoms with Gasteiger partial charge in [0, 0.05) is 43.9 Å². The molecule has 1 aromatic carbocycles. The van der Waals surface area contributed by atoms with Gasteiger partial charge in [-0.05, 0) is 47.2 Å². The zero-order chi connectivity index (χ0) is 17.9. The van der Waals surface area contributed by atoms with E-state index >= 15 is 0 Å². The molecule has 3 nitrogen and oxygen atoms in total. The quantitative estimate of drug-likeness (QED) is 0.663. The molecule has 1 atom stereocenters. The van der Waals surface area contributed by atoms with Crippen LogP contribution in [0.5, 0.6) is 0 Å². The molecule has 0 fully saturated rings. The molecule has 0 aliphatic carbocycles. The van der Waals surface area contributed by atoms with Crippen LogP contribution in [0.15, 0.2) is 67.1 Å². The Bertz CT molecular complexity index is 833. The van der Waals surface area contributed by atoms with Crippen molar-refractivity contribution in [1.82, 2.24) is 14.5 Å². The molecule has 4 rings (SSSR count). The molecule has 0 saturated heterocycles. The van der Waals surface area contributed by atoms with Gasteiger partial charge in [-0.2, -0.15) is 0 Å². The van der Waals surface area contributed by atoms with E-state index in [1.165, 1.54) is 28.8 Å². The number of aromatic nitrogens is 2. The molecule has 0 amide bonds. The number of hydrogen-bond donors (Lipinski definition) is 0. The maximum atomic E-state index is 4.30. The van der Waals surface area contributed by atoms with Gasteiger partial charge in [0.05, 0.1) is 6.04 Å². The van der Waals surface area contributed by atoms with Crippen LogP contribution in [-0.2, 0) is 13.1 Å². The molecule has 26 heavy (non-hydrogen) atoms. The van der Waals surface area contributed by atoms with Crippen molar-refractivity contribution >= 4 is 0 Å². The van der Waals surface area contributed by atoms with Gasteiger partial charge >= 0.3 is 0 Å². The van der Waals surface area contributed by atoms with Crippen molar-refractivity contribution < 1.29 is 0 Å². The second-order valence-corrected chi connectivity index (χ2v) is 7.54. The number of benzene rings is 1. The van der Waals surface area contributed by atoms with Gasteiger partial charge in [-0.25, -0.2) is 0 Å². The average Bonchev–Trinajstić information content (AvgIpc) is 3.04. The monoisotopic (exact) mass is 345 g/mol. The Morgan fingerprint density at radius 1 is 1.04 bits per heavy atom. The van der Waals surface area contributed by atoms with Crippen LogP contribution in [0, 0.1) is 0 Å². The molecule has 0 N–H and O–H groups in total. The van der Waals surface area contributed by atoms with Crippen LogP contribution in [0.2, 0.25) is 0 Å². The van der Waals surface area contributed by atoms with Crippen LogP contribution < -0.4 is 0 Å². The highest BCUT2D eigenvalue weighted by atomic mass is 15.2. The van der Waals surface area contributed by atoms with E-state index in [9.17, 15) is 0 Å². The normalized spacial score (nSPS) is 17.9. The molecule has 0 unspecified atom stereocenters. The predicted octanol–water partition coefficient (Wildman–Crippen LogP) is 5.00. The summed E-state index contributed by atoms with van der Waals surface area (Å²) in [4.78, 5) is 6.90. The molecule has 0 bridgehead atoms. The van der Waals surface area contributed by atoms with Gasteiger partial charge in [-0.3, -0.25) is 9.88 Å². The summed E-state index contributed by atoms with van der Waals surface area (Å²) in [5.41, 5.74) is 5.44. The first kappa shape index (κ1) is 17.0.